The van der Waals surface area contributed by atoms with Crippen molar-refractivity contribution >= 4 is 17.5 Å². The summed E-state index contributed by atoms with van der Waals surface area (Å²) in [6, 6.07) is 11.2. The molecule has 4 aliphatic carbocycles. The van der Waals surface area contributed by atoms with E-state index in [2.05, 4.69) is 15.6 Å². The first-order chi connectivity index (χ1) is 14.6. The quantitative estimate of drug-likeness (QED) is 0.743. The van der Waals surface area contributed by atoms with Gasteiger partial charge in [0, 0.05) is 31.0 Å². The molecule has 0 unspecified atom stereocenters. The first-order valence-electron chi connectivity index (χ1n) is 11.1. The molecule has 0 atom stereocenters. The molecule has 2 aromatic rings. The Morgan fingerprint density at radius 1 is 0.967 bits per heavy atom. The van der Waals surface area contributed by atoms with E-state index in [-0.39, 0.29) is 17.2 Å². The highest BCUT2D eigenvalue weighted by atomic mass is 16.2. The SMILES string of the molecule is O=C(CC12CC3CC(CC(C3)C1)C2)Nc1ccc(CNC(=O)c2cccnc2)cc1. The molecule has 0 saturated heterocycles. The van der Waals surface area contributed by atoms with Gasteiger partial charge in [-0.2, -0.15) is 0 Å². The second-order valence-electron chi connectivity index (χ2n) is 9.76. The number of nitrogens with one attached hydrogen (secondary N) is 2. The van der Waals surface area contributed by atoms with Crippen LogP contribution in [0.3, 0.4) is 0 Å². The maximum Gasteiger partial charge on any atom is 0.253 e. The Morgan fingerprint density at radius 3 is 2.23 bits per heavy atom. The normalized spacial score (nSPS) is 28.9. The number of rotatable bonds is 6. The summed E-state index contributed by atoms with van der Waals surface area (Å²) in [4.78, 5) is 28.9. The molecule has 6 rings (SSSR count). The number of nitrogens with zero attached hydrogens (tertiary/aromatic N) is 1. The maximum atomic E-state index is 12.8. The lowest BCUT2D eigenvalue weighted by molar-refractivity contribution is -0.124. The van der Waals surface area contributed by atoms with E-state index in [9.17, 15) is 9.59 Å². The van der Waals surface area contributed by atoms with Crippen molar-refractivity contribution in [1.29, 1.82) is 0 Å². The molecule has 0 spiro atoms. The van der Waals surface area contributed by atoms with Gasteiger partial charge in [0.15, 0.2) is 0 Å². The summed E-state index contributed by atoms with van der Waals surface area (Å²) in [5.41, 5.74) is 2.62. The highest BCUT2D eigenvalue weighted by Crippen LogP contribution is 2.61. The van der Waals surface area contributed by atoms with Gasteiger partial charge in [-0.1, -0.05) is 12.1 Å². The second kappa shape index (κ2) is 7.86. The van der Waals surface area contributed by atoms with Crippen molar-refractivity contribution in [1.82, 2.24) is 10.3 Å². The van der Waals surface area contributed by atoms with Crippen molar-refractivity contribution in [3.05, 3.63) is 59.9 Å². The molecular formula is C25H29N3O2. The molecule has 0 aliphatic heterocycles. The molecule has 1 aromatic carbocycles. The third-order valence-electron chi connectivity index (χ3n) is 7.32. The molecular weight excluding hydrogens is 374 g/mol. The highest BCUT2D eigenvalue weighted by Gasteiger charge is 2.51. The molecule has 156 valence electrons. The number of aromatic nitrogens is 1. The predicted octanol–water partition coefficient (Wildman–Crippen LogP) is 4.56. The Morgan fingerprint density at radius 2 is 1.63 bits per heavy atom. The van der Waals surface area contributed by atoms with Crippen LogP contribution in [0, 0.1) is 23.2 Å². The molecule has 4 bridgehead atoms. The number of amides is 2. The minimum atomic E-state index is -0.143. The summed E-state index contributed by atoms with van der Waals surface area (Å²) < 4.78 is 0. The second-order valence-corrected chi connectivity index (χ2v) is 9.76. The van der Waals surface area contributed by atoms with Crippen LogP contribution in [0.1, 0.15) is 60.9 Å². The number of benzene rings is 1. The van der Waals surface area contributed by atoms with Gasteiger partial charge >= 0.3 is 0 Å². The molecule has 5 heteroatoms. The zero-order valence-corrected chi connectivity index (χ0v) is 17.3. The van der Waals surface area contributed by atoms with Gasteiger partial charge in [-0.05, 0) is 91.5 Å². The lowest BCUT2D eigenvalue weighted by atomic mass is 9.49. The van der Waals surface area contributed by atoms with Gasteiger partial charge in [0.2, 0.25) is 5.91 Å². The third-order valence-corrected chi connectivity index (χ3v) is 7.32. The van der Waals surface area contributed by atoms with Crippen LogP contribution < -0.4 is 10.6 Å². The lowest BCUT2D eigenvalue weighted by Gasteiger charge is -2.56. The minimum absolute atomic E-state index is 0.143. The highest BCUT2D eigenvalue weighted by molar-refractivity contribution is 5.93. The monoisotopic (exact) mass is 403 g/mol. The van der Waals surface area contributed by atoms with E-state index >= 15 is 0 Å². The fourth-order valence-electron chi connectivity index (χ4n) is 6.54. The summed E-state index contributed by atoms with van der Waals surface area (Å²) >= 11 is 0. The summed E-state index contributed by atoms with van der Waals surface area (Å²) in [6.45, 7) is 0.440. The smallest absolute Gasteiger partial charge is 0.253 e. The molecule has 4 fully saturated rings. The number of carbonyl (C=O) groups is 2. The zero-order valence-electron chi connectivity index (χ0n) is 17.3. The summed E-state index contributed by atoms with van der Waals surface area (Å²) in [6.07, 6.45) is 11.8. The van der Waals surface area contributed by atoms with Gasteiger partial charge in [-0.3, -0.25) is 14.6 Å². The molecule has 30 heavy (non-hydrogen) atoms. The number of pyridine rings is 1. The van der Waals surface area contributed by atoms with Crippen molar-refractivity contribution in [2.75, 3.05) is 5.32 Å². The first-order valence-corrected chi connectivity index (χ1v) is 11.1. The van der Waals surface area contributed by atoms with Gasteiger partial charge in [-0.25, -0.2) is 0 Å². The minimum Gasteiger partial charge on any atom is -0.348 e. The van der Waals surface area contributed by atoms with Crippen LogP contribution in [-0.4, -0.2) is 16.8 Å². The predicted molar refractivity (Wildman–Crippen MR) is 116 cm³/mol. The van der Waals surface area contributed by atoms with Crippen LogP contribution in [0.25, 0.3) is 0 Å². The summed E-state index contributed by atoms with van der Waals surface area (Å²) in [5.74, 6) is 2.60. The van der Waals surface area contributed by atoms with E-state index in [1.165, 1.54) is 38.5 Å². The van der Waals surface area contributed by atoms with Crippen molar-refractivity contribution in [3.8, 4) is 0 Å². The molecule has 4 aliphatic rings. The van der Waals surface area contributed by atoms with Gasteiger partial charge in [0.05, 0.1) is 5.56 Å². The molecule has 1 heterocycles. The molecule has 2 amide bonds. The molecule has 4 saturated carbocycles. The van der Waals surface area contributed by atoms with E-state index in [4.69, 9.17) is 0 Å². The van der Waals surface area contributed by atoms with Gasteiger partial charge in [0.25, 0.3) is 5.91 Å². The number of hydrogen-bond acceptors (Lipinski definition) is 3. The zero-order chi connectivity index (χ0) is 20.6. The number of hydrogen-bond donors (Lipinski definition) is 2. The fourth-order valence-corrected chi connectivity index (χ4v) is 6.54. The van der Waals surface area contributed by atoms with Crippen molar-refractivity contribution in [2.24, 2.45) is 23.2 Å². The molecule has 1 aromatic heterocycles. The largest absolute Gasteiger partial charge is 0.348 e. The van der Waals surface area contributed by atoms with E-state index in [1.54, 1.807) is 24.5 Å². The molecule has 2 N–H and O–H groups in total. The van der Waals surface area contributed by atoms with E-state index in [1.807, 2.05) is 24.3 Å². The van der Waals surface area contributed by atoms with E-state index in [0.29, 0.717) is 18.5 Å². The van der Waals surface area contributed by atoms with Gasteiger partial charge in [0.1, 0.15) is 0 Å². The Labute approximate surface area is 177 Å². The van der Waals surface area contributed by atoms with E-state index in [0.717, 1.165) is 29.0 Å². The standard InChI is InChI=1S/C25H29N3O2/c29-23(14-25-11-18-8-19(12-25)10-20(9-18)13-25)28-22-5-3-17(4-6-22)15-27-24(30)21-2-1-7-26-16-21/h1-7,16,18-20H,8-15H2,(H,27,30)(H,28,29). The van der Waals surface area contributed by atoms with Crippen LogP contribution in [0.15, 0.2) is 48.8 Å². The summed E-state index contributed by atoms with van der Waals surface area (Å²) in [7, 11) is 0. The fraction of sp³-hybridized carbons (Fsp3) is 0.480. The molecule has 5 nitrogen and oxygen atoms in total. The lowest BCUT2D eigenvalue weighted by Crippen LogP contribution is -2.47. The van der Waals surface area contributed by atoms with Crippen LogP contribution >= 0.6 is 0 Å². The summed E-state index contributed by atoms with van der Waals surface area (Å²) in [5, 5.41) is 6.00. The topological polar surface area (TPSA) is 71.1 Å². The average Bonchev–Trinajstić information content (AvgIpc) is 2.72. The van der Waals surface area contributed by atoms with E-state index < -0.39 is 0 Å². The first kappa shape index (κ1) is 19.3. The Bertz CT molecular complexity index is 888. The van der Waals surface area contributed by atoms with Crippen molar-refractivity contribution in [3.63, 3.8) is 0 Å². The Hall–Kier alpha value is -2.69. The van der Waals surface area contributed by atoms with Gasteiger partial charge < -0.3 is 10.6 Å². The Balaban J connectivity index is 1.14. The number of anilines is 1. The van der Waals surface area contributed by atoms with Crippen molar-refractivity contribution in [2.45, 2.75) is 51.5 Å². The van der Waals surface area contributed by atoms with Gasteiger partial charge in [-0.15, -0.1) is 0 Å². The molecule has 0 radical (unpaired) electrons. The van der Waals surface area contributed by atoms with Crippen LogP contribution in [0.2, 0.25) is 0 Å². The average molecular weight is 404 g/mol. The number of carbonyl (C=O) groups excluding carboxylic acids is 2. The third kappa shape index (κ3) is 4.11. The van der Waals surface area contributed by atoms with Crippen LogP contribution in [0.4, 0.5) is 5.69 Å². The van der Waals surface area contributed by atoms with Crippen LogP contribution in [-0.2, 0) is 11.3 Å². The van der Waals surface area contributed by atoms with Crippen LogP contribution in [0.5, 0.6) is 0 Å². The maximum absolute atomic E-state index is 12.8. The Kier molecular flexibility index (Phi) is 5.05. The van der Waals surface area contributed by atoms with Crippen molar-refractivity contribution < 1.29 is 9.59 Å².